The van der Waals surface area contributed by atoms with Gasteiger partial charge >= 0.3 is 5.97 Å². The molecule has 0 spiro atoms. The van der Waals surface area contributed by atoms with Crippen LogP contribution in [0.5, 0.6) is 0 Å². The molecule has 7 heteroatoms. The first-order valence-electron chi connectivity index (χ1n) is 3.37. The highest BCUT2D eigenvalue weighted by molar-refractivity contribution is 7.87. The molecule has 1 rings (SSSR count). The molecule has 0 radical (unpaired) electrons. The molecule has 0 aromatic rings. The minimum atomic E-state index is -3.41. The van der Waals surface area contributed by atoms with Gasteiger partial charge in [0.2, 0.25) is 0 Å². The number of nitrogens with one attached hydrogen (secondary N) is 1. The number of hydrogen-bond donors (Lipinski definition) is 2. The number of carbonyl (C=O) groups is 1. The maximum absolute atomic E-state index is 11.0. The van der Waals surface area contributed by atoms with E-state index in [-0.39, 0.29) is 13.1 Å². The Morgan fingerprint density at radius 3 is 2.67 bits per heavy atom. The Labute approximate surface area is 70.4 Å². The second-order valence-corrected chi connectivity index (χ2v) is 4.53. The van der Waals surface area contributed by atoms with E-state index in [1.165, 1.54) is 7.05 Å². The standard InChI is InChI=1S/C5H10N2O4S/c1-7-3-4(5(8)9)2-6-12(7,10)11/h4,6H,2-3H2,1H3,(H,8,9). The molecular formula is C5H10N2O4S. The summed E-state index contributed by atoms with van der Waals surface area (Å²) in [4.78, 5) is 10.4. The largest absolute Gasteiger partial charge is 0.481 e. The second kappa shape index (κ2) is 3.00. The van der Waals surface area contributed by atoms with Crippen molar-refractivity contribution in [1.82, 2.24) is 9.03 Å². The molecule has 1 saturated heterocycles. The SMILES string of the molecule is CN1CC(C(=O)O)CNS1(=O)=O. The van der Waals surface area contributed by atoms with Gasteiger partial charge in [-0.25, -0.2) is 4.72 Å². The Bertz CT molecular complexity index is 286. The van der Waals surface area contributed by atoms with Crippen molar-refractivity contribution >= 4 is 16.2 Å². The maximum Gasteiger partial charge on any atom is 0.309 e. The fraction of sp³-hybridized carbons (Fsp3) is 0.800. The average Bonchev–Trinajstić information content (AvgIpc) is 1.94. The van der Waals surface area contributed by atoms with Crippen LogP contribution in [0, 0.1) is 5.92 Å². The first-order valence-corrected chi connectivity index (χ1v) is 4.81. The molecule has 0 saturated carbocycles. The minimum Gasteiger partial charge on any atom is -0.481 e. The van der Waals surface area contributed by atoms with Gasteiger partial charge in [0.15, 0.2) is 0 Å². The average molecular weight is 194 g/mol. The first-order chi connectivity index (χ1) is 5.43. The third kappa shape index (κ3) is 1.74. The van der Waals surface area contributed by atoms with Gasteiger partial charge in [0.25, 0.3) is 10.2 Å². The van der Waals surface area contributed by atoms with Crippen LogP contribution in [0.1, 0.15) is 0 Å². The van der Waals surface area contributed by atoms with Gasteiger partial charge in [-0.05, 0) is 0 Å². The molecule has 12 heavy (non-hydrogen) atoms. The monoisotopic (exact) mass is 194 g/mol. The van der Waals surface area contributed by atoms with E-state index < -0.39 is 22.1 Å². The molecule has 0 aliphatic carbocycles. The Hall–Kier alpha value is -0.660. The van der Waals surface area contributed by atoms with Gasteiger partial charge < -0.3 is 5.11 Å². The van der Waals surface area contributed by atoms with E-state index in [9.17, 15) is 13.2 Å². The fourth-order valence-corrected chi connectivity index (χ4v) is 1.96. The number of carboxylic acids is 1. The van der Waals surface area contributed by atoms with E-state index >= 15 is 0 Å². The number of nitrogens with zero attached hydrogens (tertiary/aromatic N) is 1. The molecule has 1 unspecified atom stereocenters. The lowest BCUT2D eigenvalue weighted by molar-refractivity contribution is -0.141. The van der Waals surface area contributed by atoms with E-state index in [1.54, 1.807) is 0 Å². The van der Waals surface area contributed by atoms with Gasteiger partial charge in [-0.3, -0.25) is 4.79 Å². The van der Waals surface area contributed by atoms with E-state index in [0.29, 0.717) is 0 Å². The molecule has 70 valence electrons. The molecule has 0 amide bonds. The number of carboxylic acid groups (broad SMARTS) is 1. The predicted molar refractivity (Wildman–Crippen MR) is 40.7 cm³/mol. The van der Waals surface area contributed by atoms with Gasteiger partial charge in [0.1, 0.15) is 0 Å². The Kier molecular flexibility index (Phi) is 2.36. The number of rotatable bonds is 1. The third-order valence-electron chi connectivity index (χ3n) is 1.75. The topological polar surface area (TPSA) is 86.7 Å². The molecule has 0 aromatic heterocycles. The lowest BCUT2D eigenvalue weighted by Crippen LogP contribution is -2.51. The van der Waals surface area contributed by atoms with Gasteiger partial charge in [-0.15, -0.1) is 0 Å². The minimum absolute atomic E-state index is 0.0258. The lowest BCUT2D eigenvalue weighted by atomic mass is 10.1. The molecule has 0 aromatic carbocycles. The van der Waals surface area contributed by atoms with Crippen LogP contribution in [0.2, 0.25) is 0 Å². The lowest BCUT2D eigenvalue weighted by Gasteiger charge is -2.27. The van der Waals surface area contributed by atoms with Gasteiger partial charge in [-0.2, -0.15) is 12.7 Å². The normalized spacial score (nSPS) is 29.9. The van der Waals surface area contributed by atoms with Crippen LogP contribution in [0.25, 0.3) is 0 Å². The Morgan fingerprint density at radius 1 is 1.67 bits per heavy atom. The van der Waals surface area contributed by atoms with Crippen LogP contribution in [0.3, 0.4) is 0 Å². The molecule has 2 N–H and O–H groups in total. The number of hydrogen-bond acceptors (Lipinski definition) is 3. The van der Waals surface area contributed by atoms with E-state index in [2.05, 4.69) is 4.72 Å². The Morgan fingerprint density at radius 2 is 2.25 bits per heavy atom. The van der Waals surface area contributed by atoms with Gasteiger partial charge in [0.05, 0.1) is 5.92 Å². The molecule has 1 aliphatic rings. The van der Waals surface area contributed by atoms with Crippen molar-refractivity contribution in [3.8, 4) is 0 Å². The van der Waals surface area contributed by atoms with Crippen molar-refractivity contribution in [3.05, 3.63) is 0 Å². The fourth-order valence-electron chi connectivity index (χ4n) is 0.955. The summed E-state index contributed by atoms with van der Waals surface area (Å²) in [5.74, 6) is -1.64. The molecule has 1 aliphatic heterocycles. The zero-order chi connectivity index (χ0) is 9.35. The number of aliphatic carboxylic acids is 1. The van der Waals surface area contributed by atoms with E-state index in [4.69, 9.17) is 5.11 Å². The maximum atomic E-state index is 11.0. The molecule has 0 bridgehead atoms. The Balaban J connectivity index is 2.71. The predicted octanol–water partition coefficient (Wildman–Crippen LogP) is -1.53. The molecule has 1 atom stereocenters. The highest BCUT2D eigenvalue weighted by Crippen LogP contribution is 2.08. The van der Waals surface area contributed by atoms with Crippen LogP contribution >= 0.6 is 0 Å². The summed E-state index contributed by atoms with van der Waals surface area (Å²) in [5.41, 5.74) is 0. The smallest absolute Gasteiger partial charge is 0.309 e. The summed E-state index contributed by atoms with van der Waals surface area (Å²) in [6.07, 6.45) is 0. The van der Waals surface area contributed by atoms with Gasteiger partial charge in [-0.1, -0.05) is 0 Å². The van der Waals surface area contributed by atoms with E-state index in [0.717, 1.165) is 4.31 Å². The molecule has 6 nitrogen and oxygen atoms in total. The summed E-state index contributed by atoms with van der Waals surface area (Å²) in [5, 5.41) is 8.56. The molecular weight excluding hydrogens is 184 g/mol. The highest BCUT2D eigenvalue weighted by atomic mass is 32.2. The highest BCUT2D eigenvalue weighted by Gasteiger charge is 2.31. The van der Waals surface area contributed by atoms with Crippen molar-refractivity contribution in [3.63, 3.8) is 0 Å². The zero-order valence-electron chi connectivity index (χ0n) is 6.52. The molecule has 1 heterocycles. The van der Waals surface area contributed by atoms with Crippen LogP contribution in [0.15, 0.2) is 0 Å². The summed E-state index contributed by atoms with van der Waals surface area (Å²) in [6, 6.07) is 0. The van der Waals surface area contributed by atoms with Crippen LogP contribution in [-0.2, 0) is 15.0 Å². The van der Waals surface area contributed by atoms with Crippen molar-refractivity contribution in [2.45, 2.75) is 0 Å². The summed E-state index contributed by atoms with van der Waals surface area (Å²) < 4.78 is 25.1. The summed E-state index contributed by atoms with van der Waals surface area (Å²) in [6.45, 7) is 0.00662. The van der Waals surface area contributed by atoms with Gasteiger partial charge in [0, 0.05) is 20.1 Å². The quantitative estimate of drug-likeness (QED) is 0.530. The summed E-state index contributed by atoms with van der Waals surface area (Å²) >= 11 is 0. The first kappa shape index (κ1) is 9.43. The van der Waals surface area contributed by atoms with Crippen LogP contribution < -0.4 is 4.72 Å². The summed E-state index contributed by atoms with van der Waals surface area (Å²) in [7, 11) is -2.06. The van der Waals surface area contributed by atoms with Crippen molar-refractivity contribution in [1.29, 1.82) is 0 Å². The van der Waals surface area contributed by atoms with Crippen LogP contribution in [0.4, 0.5) is 0 Å². The van der Waals surface area contributed by atoms with E-state index in [1.807, 2.05) is 0 Å². The zero-order valence-corrected chi connectivity index (χ0v) is 7.34. The van der Waals surface area contributed by atoms with Crippen molar-refractivity contribution in [2.75, 3.05) is 20.1 Å². The third-order valence-corrected chi connectivity index (χ3v) is 3.25. The van der Waals surface area contributed by atoms with Crippen LogP contribution in [-0.4, -0.2) is 43.9 Å². The van der Waals surface area contributed by atoms with Crippen molar-refractivity contribution in [2.24, 2.45) is 5.92 Å². The molecule has 1 fully saturated rings. The second-order valence-electron chi connectivity index (χ2n) is 2.67. The van der Waals surface area contributed by atoms with Crippen molar-refractivity contribution < 1.29 is 18.3 Å².